The molecule has 0 saturated heterocycles. The quantitative estimate of drug-likeness (QED) is 0.300. The van der Waals surface area contributed by atoms with Crippen LogP contribution in [0.5, 0.6) is 0 Å². The van der Waals surface area contributed by atoms with E-state index in [1.54, 1.807) is 68.8 Å². The van der Waals surface area contributed by atoms with Gasteiger partial charge in [0, 0.05) is 23.5 Å². The lowest BCUT2D eigenvalue weighted by molar-refractivity contribution is 0.102. The van der Waals surface area contributed by atoms with E-state index in [0.717, 1.165) is 5.56 Å². The van der Waals surface area contributed by atoms with Crippen LogP contribution in [0.15, 0.2) is 61.1 Å². The molecule has 3 aromatic rings. The third-order valence-corrected chi connectivity index (χ3v) is 5.09. The summed E-state index contributed by atoms with van der Waals surface area (Å²) in [5.74, 6) is 5.90. The summed E-state index contributed by atoms with van der Waals surface area (Å²) in [6.07, 6.45) is 4.81. The van der Waals surface area contributed by atoms with E-state index in [1.807, 2.05) is 13.0 Å². The van der Waals surface area contributed by atoms with Gasteiger partial charge >= 0.3 is 0 Å². The van der Waals surface area contributed by atoms with Crippen molar-refractivity contribution >= 4 is 23.0 Å². The Labute approximate surface area is 187 Å². The number of carbonyl (C=O) groups is 1. The lowest BCUT2D eigenvalue weighted by Gasteiger charge is -2.21. The van der Waals surface area contributed by atoms with E-state index in [1.165, 1.54) is 5.01 Å². The average Bonchev–Trinajstić information content (AvgIpc) is 2.80. The molecule has 0 bridgehead atoms. The number of hydrogen-bond donors (Lipinski definition) is 3. The highest BCUT2D eigenvalue weighted by molar-refractivity contribution is 6.04. The Morgan fingerprint density at radius 3 is 2.66 bits per heavy atom. The molecule has 0 spiro atoms. The number of hydrazine groups is 1. The van der Waals surface area contributed by atoms with Gasteiger partial charge in [-0.1, -0.05) is 18.2 Å². The third kappa shape index (κ3) is 5.14. The van der Waals surface area contributed by atoms with E-state index in [-0.39, 0.29) is 12.5 Å². The highest BCUT2D eigenvalue weighted by Crippen LogP contribution is 2.24. The van der Waals surface area contributed by atoms with Gasteiger partial charge in [0.05, 0.1) is 47.0 Å². The van der Waals surface area contributed by atoms with E-state index in [4.69, 9.17) is 11.3 Å². The minimum Gasteiger partial charge on any atom is -0.321 e. The molecule has 0 unspecified atom stereocenters. The Hall–Kier alpha value is -4.09. The van der Waals surface area contributed by atoms with Crippen LogP contribution in [0.4, 0.5) is 11.4 Å². The maximum absolute atomic E-state index is 12.8. The number of nitrogens with two attached hydrogens (primary N) is 1. The molecule has 0 atom stereocenters. The van der Waals surface area contributed by atoms with Gasteiger partial charge in [0.15, 0.2) is 0 Å². The Morgan fingerprint density at radius 2 is 1.97 bits per heavy atom. The van der Waals surface area contributed by atoms with Crippen LogP contribution in [0.1, 0.15) is 41.0 Å². The second kappa shape index (κ2) is 9.37. The first-order chi connectivity index (χ1) is 15.2. The number of pyridine rings is 2. The van der Waals surface area contributed by atoms with Crippen LogP contribution in [-0.4, -0.2) is 28.1 Å². The van der Waals surface area contributed by atoms with Gasteiger partial charge < -0.3 is 15.7 Å². The largest absolute Gasteiger partial charge is 0.321 e. The van der Waals surface area contributed by atoms with Crippen LogP contribution in [0, 0.1) is 23.7 Å². The zero-order valence-electron chi connectivity index (χ0n) is 18.3. The van der Waals surface area contributed by atoms with Gasteiger partial charge in [0.2, 0.25) is 0 Å². The number of aryl methyl sites for hydroxylation is 1. The van der Waals surface area contributed by atoms with Crippen LogP contribution in [0.25, 0.3) is 0 Å². The molecule has 0 aliphatic heterocycles. The average molecular weight is 428 g/mol. The monoisotopic (exact) mass is 427 g/mol. The molecule has 0 aliphatic rings. The summed E-state index contributed by atoms with van der Waals surface area (Å²) in [6.45, 7) is 5.57. The maximum atomic E-state index is 12.8. The molecule has 1 amide bonds. The SMILES string of the molecule is Cc1ncc(NC(=O)c2cccc(C(C)(C)C#N)c2)cc1N(N)CC(=N)c1cccnc1. The standard InChI is InChI=1S/C24H25N7O/c1-16-22(31(27)14-21(26)18-7-5-9-28-12-18)11-20(13-29-16)30-23(32)17-6-4-8-19(10-17)24(2,3)15-25/h4-13,26H,14,27H2,1-3H3,(H,30,32). The number of benzene rings is 1. The first kappa shape index (κ1) is 22.6. The van der Waals surface area contributed by atoms with Crippen molar-refractivity contribution in [1.29, 1.82) is 10.7 Å². The number of hydrogen-bond acceptors (Lipinski definition) is 7. The zero-order chi connectivity index (χ0) is 23.3. The number of anilines is 2. The van der Waals surface area contributed by atoms with Gasteiger partial charge in [-0.15, -0.1) is 0 Å². The number of rotatable bonds is 7. The summed E-state index contributed by atoms with van der Waals surface area (Å²) in [6, 6.07) is 14.5. The summed E-state index contributed by atoms with van der Waals surface area (Å²) in [5, 5.41) is 21.9. The van der Waals surface area contributed by atoms with E-state index < -0.39 is 5.41 Å². The molecule has 0 radical (unpaired) electrons. The number of amides is 1. The number of nitriles is 1. The lowest BCUT2D eigenvalue weighted by Crippen LogP contribution is -2.37. The highest BCUT2D eigenvalue weighted by Gasteiger charge is 2.21. The summed E-state index contributed by atoms with van der Waals surface area (Å²) >= 11 is 0. The van der Waals surface area contributed by atoms with Crippen molar-refractivity contribution in [1.82, 2.24) is 9.97 Å². The van der Waals surface area contributed by atoms with Gasteiger partial charge in [0.25, 0.3) is 5.91 Å². The summed E-state index contributed by atoms with van der Waals surface area (Å²) in [4.78, 5) is 21.2. The van der Waals surface area contributed by atoms with Crippen molar-refractivity contribution in [3.05, 3.63) is 83.4 Å². The fourth-order valence-electron chi connectivity index (χ4n) is 3.09. The Balaban J connectivity index is 1.77. The van der Waals surface area contributed by atoms with Gasteiger partial charge in [-0.05, 0) is 50.6 Å². The van der Waals surface area contributed by atoms with Crippen molar-refractivity contribution in [2.45, 2.75) is 26.2 Å². The Bertz CT molecular complexity index is 1180. The summed E-state index contributed by atoms with van der Waals surface area (Å²) in [7, 11) is 0. The van der Waals surface area contributed by atoms with Crippen molar-refractivity contribution in [2.24, 2.45) is 5.84 Å². The normalized spacial score (nSPS) is 10.8. The molecular formula is C24H25N7O. The second-order valence-electron chi connectivity index (χ2n) is 7.95. The summed E-state index contributed by atoms with van der Waals surface area (Å²) in [5.41, 5.74) is 3.23. The predicted octanol–water partition coefficient (Wildman–Crippen LogP) is 3.59. The fourth-order valence-corrected chi connectivity index (χ4v) is 3.09. The first-order valence-corrected chi connectivity index (χ1v) is 10.0. The molecule has 0 saturated carbocycles. The van der Waals surface area contributed by atoms with Crippen LogP contribution in [-0.2, 0) is 5.41 Å². The van der Waals surface area contributed by atoms with Crippen molar-refractivity contribution in [3.8, 4) is 6.07 Å². The highest BCUT2D eigenvalue weighted by atomic mass is 16.1. The maximum Gasteiger partial charge on any atom is 0.255 e. The lowest BCUT2D eigenvalue weighted by atomic mass is 9.85. The van der Waals surface area contributed by atoms with E-state index >= 15 is 0 Å². The first-order valence-electron chi connectivity index (χ1n) is 10.0. The van der Waals surface area contributed by atoms with Crippen molar-refractivity contribution in [2.75, 3.05) is 16.9 Å². The molecule has 1 aromatic carbocycles. The molecular weight excluding hydrogens is 402 g/mol. The minimum atomic E-state index is -0.701. The number of aromatic nitrogens is 2. The number of nitrogens with one attached hydrogen (secondary N) is 2. The third-order valence-electron chi connectivity index (χ3n) is 5.09. The topological polar surface area (TPSA) is 132 Å². The smallest absolute Gasteiger partial charge is 0.255 e. The molecule has 2 aromatic heterocycles. The zero-order valence-corrected chi connectivity index (χ0v) is 18.3. The van der Waals surface area contributed by atoms with Gasteiger partial charge in [0.1, 0.15) is 0 Å². The van der Waals surface area contributed by atoms with Crippen molar-refractivity contribution < 1.29 is 4.79 Å². The van der Waals surface area contributed by atoms with Gasteiger partial charge in [-0.25, -0.2) is 5.84 Å². The Kier molecular flexibility index (Phi) is 6.61. The molecule has 4 N–H and O–H groups in total. The molecule has 3 rings (SSSR count). The van der Waals surface area contributed by atoms with Crippen LogP contribution in [0.3, 0.4) is 0 Å². The van der Waals surface area contributed by atoms with E-state index in [9.17, 15) is 10.1 Å². The molecule has 2 heterocycles. The van der Waals surface area contributed by atoms with E-state index in [0.29, 0.717) is 33.9 Å². The molecule has 0 aliphatic carbocycles. The second-order valence-corrected chi connectivity index (χ2v) is 7.95. The molecule has 8 nitrogen and oxygen atoms in total. The summed E-state index contributed by atoms with van der Waals surface area (Å²) < 4.78 is 0. The van der Waals surface area contributed by atoms with Crippen LogP contribution >= 0.6 is 0 Å². The van der Waals surface area contributed by atoms with Crippen LogP contribution in [0.2, 0.25) is 0 Å². The molecule has 162 valence electrons. The predicted molar refractivity (Wildman–Crippen MR) is 125 cm³/mol. The molecule has 0 fully saturated rings. The van der Waals surface area contributed by atoms with E-state index in [2.05, 4.69) is 21.4 Å². The van der Waals surface area contributed by atoms with Gasteiger partial charge in [-0.3, -0.25) is 14.8 Å². The van der Waals surface area contributed by atoms with Crippen LogP contribution < -0.4 is 16.2 Å². The van der Waals surface area contributed by atoms with Crippen molar-refractivity contribution in [3.63, 3.8) is 0 Å². The number of carbonyl (C=O) groups excluding carboxylic acids is 1. The minimum absolute atomic E-state index is 0.150. The van der Waals surface area contributed by atoms with Gasteiger partial charge in [-0.2, -0.15) is 5.26 Å². The number of nitrogens with zero attached hydrogens (tertiary/aromatic N) is 4. The molecule has 8 heteroatoms. The molecule has 32 heavy (non-hydrogen) atoms. The Morgan fingerprint density at radius 1 is 1.22 bits per heavy atom. The fraction of sp³-hybridized carbons (Fsp3) is 0.208.